The van der Waals surface area contributed by atoms with Crippen molar-refractivity contribution >= 4 is 35.8 Å². The van der Waals surface area contributed by atoms with Crippen molar-refractivity contribution in [2.24, 2.45) is 11.3 Å². The maximum Gasteiger partial charge on any atom is 0.228 e. The van der Waals surface area contributed by atoms with Gasteiger partial charge in [-0.3, -0.25) is 4.79 Å². The molecule has 7 heteroatoms. The molecule has 1 atom stereocenters. The molecule has 1 spiro atoms. The average Bonchev–Trinajstić information content (AvgIpc) is 3.32. The highest BCUT2D eigenvalue weighted by atomic mass is 35.5. The van der Waals surface area contributed by atoms with Gasteiger partial charge in [-0.05, 0) is 86.3 Å². The monoisotopic (exact) mass is 390 g/mol. The molecule has 2 heterocycles. The van der Waals surface area contributed by atoms with Gasteiger partial charge >= 0.3 is 0 Å². The van der Waals surface area contributed by atoms with E-state index >= 15 is 0 Å². The van der Waals surface area contributed by atoms with E-state index in [0.29, 0.717) is 0 Å². The standard InChI is InChI=1S/C19H22N4OS.ClH/c1-13-11-14(25-18-21-7-2-8-22-18)3-4-16(13)23-17(24)15-12-19(15)5-9-20-10-6-19;/h2-4,7-8,11,15,20H,5-6,9-10,12H2,1H3,(H,23,24);1H. The van der Waals surface area contributed by atoms with Crippen LogP contribution in [0.2, 0.25) is 0 Å². The molecule has 1 saturated heterocycles. The minimum Gasteiger partial charge on any atom is -0.326 e. The fourth-order valence-electron chi connectivity index (χ4n) is 3.70. The lowest BCUT2D eigenvalue weighted by molar-refractivity contribution is -0.118. The fourth-order valence-corrected chi connectivity index (χ4v) is 4.51. The minimum absolute atomic E-state index is 0. The van der Waals surface area contributed by atoms with E-state index in [1.54, 1.807) is 18.5 Å². The first-order valence-corrected chi connectivity index (χ1v) is 9.55. The number of hydrogen-bond donors (Lipinski definition) is 2. The molecule has 1 aromatic heterocycles. The molecule has 5 nitrogen and oxygen atoms in total. The Morgan fingerprint density at radius 1 is 1.27 bits per heavy atom. The number of amides is 1. The van der Waals surface area contributed by atoms with Gasteiger partial charge in [0.1, 0.15) is 0 Å². The SMILES string of the molecule is Cc1cc(Sc2ncccn2)ccc1NC(=O)C1CC12CCNCC2.Cl. The van der Waals surface area contributed by atoms with E-state index in [4.69, 9.17) is 0 Å². The van der Waals surface area contributed by atoms with Gasteiger partial charge in [0.05, 0.1) is 0 Å². The topological polar surface area (TPSA) is 66.9 Å². The number of carbonyl (C=O) groups excluding carboxylic acids is 1. The predicted octanol–water partition coefficient (Wildman–Crippen LogP) is 3.69. The van der Waals surface area contributed by atoms with Gasteiger partial charge in [0, 0.05) is 28.9 Å². The van der Waals surface area contributed by atoms with Crippen LogP contribution >= 0.6 is 24.2 Å². The molecule has 2 fully saturated rings. The van der Waals surface area contributed by atoms with E-state index in [1.165, 1.54) is 11.8 Å². The Bertz CT molecular complexity index is 780. The molecule has 138 valence electrons. The number of nitrogens with zero attached hydrogens (tertiary/aromatic N) is 2. The van der Waals surface area contributed by atoms with Crippen LogP contribution in [0, 0.1) is 18.3 Å². The molecule has 2 N–H and O–H groups in total. The van der Waals surface area contributed by atoms with Gasteiger partial charge in [-0.15, -0.1) is 12.4 Å². The molecular formula is C19H23ClN4OS. The molecule has 1 aromatic carbocycles. The van der Waals surface area contributed by atoms with Crippen LogP contribution in [0.25, 0.3) is 0 Å². The summed E-state index contributed by atoms with van der Waals surface area (Å²) in [7, 11) is 0. The van der Waals surface area contributed by atoms with Gasteiger partial charge in [0.15, 0.2) is 5.16 Å². The maximum absolute atomic E-state index is 12.6. The molecule has 0 radical (unpaired) electrons. The number of anilines is 1. The third-order valence-electron chi connectivity index (χ3n) is 5.31. The molecule has 2 aromatic rings. The van der Waals surface area contributed by atoms with E-state index in [1.807, 2.05) is 19.1 Å². The summed E-state index contributed by atoms with van der Waals surface area (Å²) < 4.78 is 0. The van der Waals surface area contributed by atoms with Gasteiger partial charge in [-0.1, -0.05) is 0 Å². The van der Waals surface area contributed by atoms with Crippen LogP contribution in [0.1, 0.15) is 24.8 Å². The van der Waals surface area contributed by atoms with Crippen LogP contribution in [0.4, 0.5) is 5.69 Å². The molecule has 1 aliphatic heterocycles. The van der Waals surface area contributed by atoms with Crippen molar-refractivity contribution in [3.63, 3.8) is 0 Å². The number of nitrogens with one attached hydrogen (secondary N) is 2. The molecule has 1 amide bonds. The number of benzene rings is 1. The highest BCUT2D eigenvalue weighted by Gasteiger charge is 2.57. The highest BCUT2D eigenvalue weighted by molar-refractivity contribution is 7.99. The van der Waals surface area contributed by atoms with E-state index in [0.717, 1.165) is 53.7 Å². The summed E-state index contributed by atoms with van der Waals surface area (Å²) >= 11 is 1.52. The number of hydrogen-bond acceptors (Lipinski definition) is 5. The zero-order valence-electron chi connectivity index (χ0n) is 14.7. The zero-order valence-corrected chi connectivity index (χ0v) is 16.3. The second-order valence-electron chi connectivity index (χ2n) is 6.97. The van der Waals surface area contributed by atoms with Crippen LogP contribution in [0.3, 0.4) is 0 Å². The lowest BCUT2D eigenvalue weighted by atomic mass is 9.91. The molecule has 0 bridgehead atoms. The third-order valence-corrected chi connectivity index (χ3v) is 6.20. The molecule has 1 saturated carbocycles. The van der Waals surface area contributed by atoms with Crippen molar-refractivity contribution < 1.29 is 4.79 Å². The van der Waals surface area contributed by atoms with Crippen LogP contribution in [0.15, 0.2) is 46.7 Å². The first-order valence-electron chi connectivity index (χ1n) is 8.73. The van der Waals surface area contributed by atoms with Crippen molar-refractivity contribution in [2.45, 2.75) is 36.2 Å². The normalized spacial score (nSPS) is 20.3. The summed E-state index contributed by atoms with van der Waals surface area (Å²) in [5.74, 6) is 0.359. The largest absolute Gasteiger partial charge is 0.326 e. The fraction of sp³-hybridized carbons (Fsp3) is 0.421. The van der Waals surface area contributed by atoms with E-state index in [-0.39, 0.29) is 29.6 Å². The second kappa shape index (κ2) is 7.94. The third kappa shape index (κ3) is 4.03. The smallest absolute Gasteiger partial charge is 0.228 e. The average molecular weight is 391 g/mol. The summed E-state index contributed by atoms with van der Waals surface area (Å²) in [5.41, 5.74) is 2.23. The molecule has 1 unspecified atom stereocenters. The Kier molecular flexibility index (Phi) is 5.85. The van der Waals surface area contributed by atoms with E-state index in [9.17, 15) is 4.79 Å². The molecule has 2 aliphatic rings. The second-order valence-corrected chi connectivity index (χ2v) is 8.01. The lowest BCUT2D eigenvalue weighted by Gasteiger charge is -2.23. The van der Waals surface area contributed by atoms with Crippen molar-refractivity contribution in [3.8, 4) is 0 Å². The minimum atomic E-state index is 0. The molecular weight excluding hydrogens is 368 g/mol. The first kappa shape index (κ1) is 19.1. The number of aryl methyl sites for hydroxylation is 1. The van der Waals surface area contributed by atoms with Crippen molar-refractivity contribution in [2.75, 3.05) is 18.4 Å². The van der Waals surface area contributed by atoms with E-state index < -0.39 is 0 Å². The Labute approximate surface area is 164 Å². The summed E-state index contributed by atoms with van der Waals surface area (Å²) in [6, 6.07) is 7.87. The predicted molar refractivity (Wildman–Crippen MR) is 106 cm³/mol. The number of rotatable bonds is 4. The van der Waals surface area contributed by atoms with Gasteiger partial charge in [0.2, 0.25) is 5.91 Å². The first-order chi connectivity index (χ1) is 12.2. The van der Waals surface area contributed by atoms with Crippen LogP contribution in [0.5, 0.6) is 0 Å². The Hall–Kier alpha value is -1.63. The summed E-state index contributed by atoms with van der Waals surface area (Å²) in [6.07, 6.45) is 6.76. The van der Waals surface area contributed by atoms with Gasteiger partial charge < -0.3 is 10.6 Å². The van der Waals surface area contributed by atoms with Crippen molar-refractivity contribution in [1.29, 1.82) is 0 Å². The van der Waals surface area contributed by atoms with Crippen LogP contribution in [-0.4, -0.2) is 29.0 Å². The molecule has 1 aliphatic carbocycles. The quantitative estimate of drug-likeness (QED) is 0.779. The summed E-state index contributed by atoms with van der Waals surface area (Å²) in [5, 5.41) is 7.24. The number of piperidine rings is 1. The van der Waals surface area contributed by atoms with E-state index in [2.05, 4.69) is 26.7 Å². The summed E-state index contributed by atoms with van der Waals surface area (Å²) in [4.78, 5) is 22.2. The Morgan fingerprint density at radius 3 is 2.69 bits per heavy atom. The van der Waals surface area contributed by atoms with Gasteiger partial charge in [-0.25, -0.2) is 9.97 Å². The highest BCUT2D eigenvalue weighted by Crippen LogP contribution is 2.58. The maximum atomic E-state index is 12.6. The zero-order chi connectivity index (χ0) is 17.3. The Morgan fingerprint density at radius 2 is 2.00 bits per heavy atom. The van der Waals surface area contributed by atoms with Crippen LogP contribution in [-0.2, 0) is 4.79 Å². The van der Waals surface area contributed by atoms with Gasteiger partial charge in [0.25, 0.3) is 0 Å². The Balaban J connectivity index is 0.00000196. The number of halogens is 1. The molecule has 4 rings (SSSR count). The van der Waals surface area contributed by atoms with Gasteiger partial charge in [-0.2, -0.15) is 0 Å². The van der Waals surface area contributed by atoms with Crippen molar-refractivity contribution in [1.82, 2.24) is 15.3 Å². The van der Waals surface area contributed by atoms with Crippen LogP contribution < -0.4 is 10.6 Å². The molecule has 26 heavy (non-hydrogen) atoms. The summed E-state index contributed by atoms with van der Waals surface area (Å²) in [6.45, 7) is 4.10. The number of aromatic nitrogens is 2. The lowest BCUT2D eigenvalue weighted by Crippen LogP contribution is -2.31. The van der Waals surface area contributed by atoms with Crippen molar-refractivity contribution in [3.05, 3.63) is 42.2 Å². The number of carbonyl (C=O) groups is 1.